The van der Waals surface area contributed by atoms with E-state index in [2.05, 4.69) is 15.4 Å². The van der Waals surface area contributed by atoms with Crippen molar-refractivity contribution in [3.05, 3.63) is 54.0 Å². The number of benzene rings is 1. The van der Waals surface area contributed by atoms with Crippen LogP contribution >= 0.6 is 0 Å². The summed E-state index contributed by atoms with van der Waals surface area (Å²) in [4.78, 5) is 35.6. The lowest BCUT2D eigenvalue weighted by atomic mass is 9.98. The lowest BCUT2D eigenvalue weighted by Crippen LogP contribution is -2.48. The number of hydrogen-bond donors (Lipinski definition) is 1. The second-order valence-electron chi connectivity index (χ2n) is 11.0. The molecule has 4 heterocycles. The van der Waals surface area contributed by atoms with Crippen LogP contribution in [0.15, 0.2) is 42.9 Å². The van der Waals surface area contributed by atoms with Crippen LogP contribution in [-0.4, -0.2) is 61.5 Å². The zero-order chi connectivity index (χ0) is 27.0. The molecule has 0 saturated carbocycles. The zero-order valence-electron chi connectivity index (χ0n) is 22.5. The van der Waals surface area contributed by atoms with Gasteiger partial charge < -0.3 is 19.7 Å². The fraction of sp³-hybridized carbons (Fsp3) is 0.464. The number of anilines is 2. The molecule has 38 heavy (non-hydrogen) atoms. The van der Waals surface area contributed by atoms with Gasteiger partial charge in [-0.05, 0) is 71.1 Å². The van der Waals surface area contributed by atoms with E-state index in [1.165, 1.54) is 7.11 Å². The molecule has 1 aromatic carbocycles. The van der Waals surface area contributed by atoms with E-state index < -0.39 is 5.60 Å². The quantitative estimate of drug-likeness (QED) is 0.454. The van der Waals surface area contributed by atoms with Gasteiger partial charge in [0.2, 0.25) is 5.95 Å². The summed E-state index contributed by atoms with van der Waals surface area (Å²) in [5.74, 6) is 0.0841. The van der Waals surface area contributed by atoms with E-state index in [9.17, 15) is 9.59 Å². The average molecular weight is 519 g/mol. The minimum Gasteiger partial charge on any atom is -0.465 e. The molecule has 2 aromatic heterocycles. The molecule has 2 saturated heterocycles. The molecular formula is C28H34N6O4. The predicted octanol–water partition coefficient (Wildman–Crippen LogP) is 5.28. The van der Waals surface area contributed by atoms with Crippen LogP contribution in [0.5, 0.6) is 0 Å². The van der Waals surface area contributed by atoms with Crippen molar-refractivity contribution in [2.75, 3.05) is 12.4 Å². The fourth-order valence-corrected chi connectivity index (χ4v) is 5.38. The van der Waals surface area contributed by atoms with Crippen LogP contribution in [0.25, 0.3) is 11.3 Å². The van der Waals surface area contributed by atoms with Gasteiger partial charge in [0.05, 0.1) is 36.3 Å². The van der Waals surface area contributed by atoms with E-state index in [4.69, 9.17) is 14.5 Å². The van der Waals surface area contributed by atoms with E-state index in [-0.39, 0.29) is 30.2 Å². The van der Waals surface area contributed by atoms with Crippen molar-refractivity contribution in [2.24, 2.45) is 0 Å². The van der Waals surface area contributed by atoms with Gasteiger partial charge in [-0.15, -0.1) is 0 Å². The Morgan fingerprint density at radius 2 is 1.71 bits per heavy atom. The summed E-state index contributed by atoms with van der Waals surface area (Å²) < 4.78 is 12.4. The van der Waals surface area contributed by atoms with Crippen molar-refractivity contribution < 1.29 is 19.1 Å². The smallest absolute Gasteiger partial charge is 0.410 e. The largest absolute Gasteiger partial charge is 0.465 e. The van der Waals surface area contributed by atoms with Gasteiger partial charge in [0.15, 0.2) is 0 Å². The number of aromatic nitrogens is 4. The molecule has 3 aromatic rings. The highest BCUT2D eigenvalue weighted by Crippen LogP contribution is 2.41. The fourth-order valence-electron chi connectivity index (χ4n) is 5.38. The Morgan fingerprint density at radius 3 is 2.34 bits per heavy atom. The van der Waals surface area contributed by atoms with Crippen molar-refractivity contribution in [1.29, 1.82) is 0 Å². The predicted molar refractivity (Wildman–Crippen MR) is 142 cm³/mol. The van der Waals surface area contributed by atoms with E-state index in [0.29, 0.717) is 11.5 Å². The van der Waals surface area contributed by atoms with Gasteiger partial charge in [-0.25, -0.2) is 19.6 Å². The summed E-state index contributed by atoms with van der Waals surface area (Å²) in [7, 11) is 1.36. The van der Waals surface area contributed by atoms with Gasteiger partial charge >= 0.3 is 12.1 Å². The number of rotatable bonds is 5. The first-order chi connectivity index (χ1) is 18.1. The highest BCUT2D eigenvalue weighted by molar-refractivity contribution is 5.90. The van der Waals surface area contributed by atoms with Crippen LogP contribution in [0.1, 0.15) is 68.4 Å². The lowest BCUT2D eigenvalue weighted by Gasteiger charge is -2.39. The maximum Gasteiger partial charge on any atom is 0.410 e. The summed E-state index contributed by atoms with van der Waals surface area (Å²) in [5.41, 5.74) is 3.35. The van der Waals surface area contributed by atoms with Crippen molar-refractivity contribution in [3.8, 4) is 11.3 Å². The Labute approximate surface area is 222 Å². The molecule has 2 unspecified atom stereocenters. The number of hydrogen-bond acceptors (Lipinski definition) is 8. The third-order valence-corrected chi connectivity index (χ3v) is 7.10. The number of carbonyl (C=O) groups excluding carboxylic acids is 2. The van der Waals surface area contributed by atoms with Gasteiger partial charge in [0.1, 0.15) is 5.60 Å². The van der Waals surface area contributed by atoms with Crippen molar-refractivity contribution in [3.63, 3.8) is 0 Å². The van der Waals surface area contributed by atoms with Crippen LogP contribution in [0.2, 0.25) is 0 Å². The molecule has 10 heteroatoms. The summed E-state index contributed by atoms with van der Waals surface area (Å²) in [6.07, 6.45) is 9.00. The molecule has 0 aliphatic carbocycles. The van der Waals surface area contributed by atoms with Crippen LogP contribution in [-0.2, 0) is 9.47 Å². The topological polar surface area (TPSA) is 111 Å². The minimum absolute atomic E-state index is 0.169. The Hall–Kier alpha value is -3.95. The highest BCUT2D eigenvalue weighted by atomic mass is 16.6. The number of aryl methyl sites for hydroxylation is 1. The number of piperidine rings is 1. The molecule has 200 valence electrons. The second kappa shape index (κ2) is 10.1. The average Bonchev–Trinajstić information content (AvgIpc) is 3.45. The van der Waals surface area contributed by atoms with Gasteiger partial charge in [-0.2, -0.15) is 5.10 Å². The Morgan fingerprint density at radius 1 is 1.03 bits per heavy atom. The maximum atomic E-state index is 12.8. The van der Waals surface area contributed by atoms with Crippen LogP contribution in [0.4, 0.5) is 16.4 Å². The molecule has 10 nitrogen and oxygen atoms in total. The third-order valence-electron chi connectivity index (χ3n) is 7.10. The van der Waals surface area contributed by atoms with Gasteiger partial charge in [-0.3, -0.25) is 4.68 Å². The summed E-state index contributed by atoms with van der Waals surface area (Å²) in [5, 5.41) is 7.88. The van der Waals surface area contributed by atoms with Crippen molar-refractivity contribution in [1.82, 2.24) is 24.6 Å². The molecule has 2 aliphatic rings. The first-order valence-electron chi connectivity index (χ1n) is 13.0. The van der Waals surface area contributed by atoms with Crippen LogP contribution < -0.4 is 5.32 Å². The molecule has 1 N–H and O–H groups in total. The van der Waals surface area contributed by atoms with Crippen molar-refractivity contribution >= 4 is 23.7 Å². The van der Waals surface area contributed by atoms with Gasteiger partial charge in [0.25, 0.3) is 0 Å². The molecule has 0 spiro atoms. The molecule has 5 rings (SSSR count). The number of carbonyl (C=O) groups is 2. The maximum absolute atomic E-state index is 12.8. The number of ether oxygens (including phenoxy) is 2. The number of amides is 1. The molecular weight excluding hydrogens is 484 g/mol. The molecule has 2 bridgehead atoms. The number of nitrogens with zero attached hydrogens (tertiary/aromatic N) is 5. The Bertz CT molecular complexity index is 1320. The Kier molecular flexibility index (Phi) is 6.81. The normalized spacial score (nSPS) is 20.8. The van der Waals surface area contributed by atoms with Crippen molar-refractivity contribution in [2.45, 2.75) is 77.1 Å². The first-order valence-corrected chi connectivity index (χ1v) is 13.0. The standard InChI is InChI=1S/C28H34N6O4/c1-17-14-29-26(32-24(17)18-6-8-19(9-7-18)25(35)37-5)31-20-15-30-33(16-20)23-12-21-10-11-22(13-23)34(21)27(36)38-28(2,3)4/h6-9,14-16,21-23H,10-13H2,1-5H3,(H,29,31,32)/t21-,22?,23?/m0/s1. The second-order valence-corrected chi connectivity index (χ2v) is 11.0. The number of nitrogens with one attached hydrogen (secondary N) is 1. The van der Waals surface area contributed by atoms with Gasteiger partial charge in [-0.1, -0.05) is 12.1 Å². The SMILES string of the molecule is COC(=O)c1ccc(-c2nc(Nc3cnn(C4CC5CC[C@@H](C4)N5C(=O)OC(C)(C)C)c3)ncc2C)cc1. The van der Waals surface area contributed by atoms with E-state index in [1.54, 1.807) is 24.5 Å². The molecule has 1 amide bonds. The zero-order valence-corrected chi connectivity index (χ0v) is 22.5. The van der Waals surface area contributed by atoms with E-state index >= 15 is 0 Å². The minimum atomic E-state index is -0.500. The van der Waals surface area contributed by atoms with E-state index in [1.807, 2.05) is 55.6 Å². The van der Waals surface area contributed by atoms with Gasteiger partial charge in [0, 0.05) is 30.0 Å². The number of methoxy groups -OCH3 is 1. The summed E-state index contributed by atoms with van der Waals surface area (Å²) >= 11 is 0. The van der Waals surface area contributed by atoms with Crippen LogP contribution in [0.3, 0.4) is 0 Å². The van der Waals surface area contributed by atoms with E-state index in [0.717, 1.165) is 48.2 Å². The third kappa shape index (κ3) is 5.34. The lowest BCUT2D eigenvalue weighted by molar-refractivity contribution is 0.00230. The summed E-state index contributed by atoms with van der Waals surface area (Å²) in [6, 6.07) is 7.69. The number of esters is 1. The monoisotopic (exact) mass is 518 g/mol. The molecule has 3 atom stereocenters. The first kappa shape index (κ1) is 25.7. The molecule has 2 aliphatic heterocycles. The highest BCUT2D eigenvalue weighted by Gasteiger charge is 2.45. The molecule has 0 radical (unpaired) electrons. The Balaban J connectivity index is 1.27. The molecule has 2 fully saturated rings. The van der Waals surface area contributed by atoms with Crippen LogP contribution in [0, 0.1) is 6.92 Å². The number of fused-ring (bicyclic) bond motifs is 2. The summed E-state index contributed by atoms with van der Waals surface area (Å²) in [6.45, 7) is 7.65.